The van der Waals surface area contributed by atoms with Gasteiger partial charge < -0.3 is 19.3 Å². The van der Waals surface area contributed by atoms with Gasteiger partial charge in [-0.25, -0.2) is 4.79 Å². The molecule has 2 saturated heterocycles. The predicted molar refractivity (Wildman–Crippen MR) is 151 cm³/mol. The minimum absolute atomic E-state index is 0.00489. The highest BCUT2D eigenvalue weighted by molar-refractivity contribution is 5.94. The third kappa shape index (κ3) is 5.35. The van der Waals surface area contributed by atoms with Gasteiger partial charge in [0, 0.05) is 37.8 Å². The van der Waals surface area contributed by atoms with E-state index in [0.29, 0.717) is 47.2 Å². The lowest BCUT2D eigenvalue weighted by atomic mass is 10.0. The van der Waals surface area contributed by atoms with Gasteiger partial charge >= 0.3 is 5.69 Å². The number of carbonyl (C=O) groups excluding carboxylic acids is 2. The van der Waals surface area contributed by atoms with Crippen LogP contribution in [0.3, 0.4) is 0 Å². The number of rotatable bonds is 7. The van der Waals surface area contributed by atoms with E-state index < -0.39 is 11.2 Å². The fourth-order valence-electron chi connectivity index (χ4n) is 5.73. The van der Waals surface area contributed by atoms with E-state index in [2.05, 4.69) is 6.92 Å². The SMILES string of the molecule is COc1cc2c(=O)n(Cc3ccc(C(=O)N4CCCC4)cc3)c(=O)n(CC(=O)N3CCC[C@@H](C)C3)c2cc1OC. The highest BCUT2D eigenvalue weighted by Crippen LogP contribution is 2.30. The number of hydrogen-bond donors (Lipinski definition) is 0. The minimum atomic E-state index is -0.583. The van der Waals surface area contributed by atoms with Gasteiger partial charge in [-0.05, 0) is 55.4 Å². The Labute approximate surface area is 232 Å². The van der Waals surface area contributed by atoms with Gasteiger partial charge in [0.2, 0.25) is 5.91 Å². The van der Waals surface area contributed by atoms with Crippen LogP contribution in [0.5, 0.6) is 11.5 Å². The number of nitrogens with zero attached hydrogens (tertiary/aromatic N) is 4. The second kappa shape index (κ2) is 11.6. The van der Waals surface area contributed by atoms with Gasteiger partial charge in [0.1, 0.15) is 6.54 Å². The monoisotopic (exact) mass is 548 g/mol. The van der Waals surface area contributed by atoms with Crippen molar-refractivity contribution in [3.63, 3.8) is 0 Å². The van der Waals surface area contributed by atoms with Crippen LogP contribution in [0.2, 0.25) is 0 Å². The number of piperidine rings is 1. The average Bonchev–Trinajstić information content (AvgIpc) is 3.52. The topological polar surface area (TPSA) is 103 Å². The Balaban J connectivity index is 1.54. The Morgan fingerprint density at radius 1 is 0.875 bits per heavy atom. The van der Waals surface area contributed by atoms with Crippen LogP contribution in [-0.2, 0) is 17.9 Å². The standard InChI is InChI=1S/C30H36N4O6/c1-20-7-6-14-32(17-20)27(35)19-33-24-16-26(40-3)25(39-2)15-23(24)29(37)34(30(33)38)18-21-8-10-22(11-9-21)28(36)31-12-4-5-13-31/h8-11,15-16,20H,4-7,12-14,17-19H2,1-3H3/t20-/m1/s1. The fourth-order valence-corrected chi connectivity index (χ4v) is 5.73. The van der Waals surface area contributed by atoms with E-state index in [1.54, 1.807) is 41.3 Å². The van der Waals surface area contributed by atoms with Crippen molar-refractivity contribution >= 4 is 22.7 Å². The maximum absolute atomic E-state index is 13.8. The highest BCUT2D eigenvalue weighted by Gasteiger charge is 2.24. The molecule has 5 rings (SSSR count). The van der Waals surface area contributed by atoms with Crippen molar-refractivity contribution < 1.29 is 19.1 Å². The largest absolute Gasteiger partial charge is 0.493 e. The molecule has 0 unspecified atom stereocenters. The molecule has 2 aromatic carbocycles. The maximum Gasteiger partial charge on any atom is 0.332 e. The molecule has 3 heterocycles. The number of methoxy groups -OCH3 is 2. The van der Waals surface area contributed by atoms with Gasteiger partial charge in [-0.15, -0.1) is 0 Å². The number of carbonyl (C=O) groups is 2. The van der Waals surface area contributed by atoms with E-state index >= 15 is 0 Å². The molecule has 1 atom stereocenters. The van der Waals surface area contributed by atoms with Crippen molar-refractivity contribution in [2.24, 2.45) is 5.92 Å². The first-order valence-electron chi connectivity index (χ1n) is 13.9. The molecule has 0 spiro atoms. The first-order valence-corrected chi connectivity index (χ1v) is 13.9. The quantitative estimate of drug-likeness (QED) is 0.450. The predicted octanol–water partition coefficient (Wildman–Crippen LogP) is 2.72. The number of amides is 2. The summed E-state index contributed by atoms with van der Waals surface area (Å²) in [7, 11) is 2.95. The molecule has 212 valence electrons. The van der Waals surface area contributed by atoms with Crippen molar-refractivity contribution in [1.29, 1.82) is 0 Å². The molecule has 0 radical (unpaired) electrons. The van der Waals surface area contributed by atoms with Crippen LogP contribution < -0.4 is 20.7 Å². The molecule has 2 amide bonds. The van der Waals surface area contributed by atoms with Crippen molar-refractivity contribution in [3.8, 4) is 11.5 Å². The summed E-state index contributed by atoms with van der Waals surface area (Å²) >= 11 is 0. The van der Waals surface area contributed by atoms with Gasteiger partial charge in [0.25, 0.3) is 11.5 Å². The number of likely N-dealkylation sites (tertiary alicyclic amines) is 2. The first-order chi connectivity index (χ1) is 19.3. The number of aromatic nitrogens is 2. The van der Waals surface area contributed by atoms with Crippen LogP contribution in [0.4, 0.5) is 0 Å². The maximum atomic E-state index is 13.8. The van der Waals surface area contributed by atoms with Crippen LogP contribution in [0, 0.1) is 5.92 Å². The van der Waals surface area contributed by atoms with Gasteiger partial charge in [-0.3, -0.25) is 23.5 Å². The zero-order valence-corrected chi connectivity index (χ0v) is 23.4. The zero-order valence-electron chi connectivity index (χ0n) is 23.4. The van der Waals surface area contributed by atoms with Crippen molar-refractivity contribution in [3.05, 3.63) is 68.4 Å². The summed E-state index contributed by atoms with van der Waals surface area (Å²) in [6.45, 7) is 4.73. The molecule has 0 saturated carbocycles. The van der Waals surface area contributed by atoms with Crippen molar-refractivity contribution in [2.75, 3.05) is 40.4 Å². The number of fused-ring (bicyclic) bond motifs is 1. The molecule has 2 aliphatic heterocycles. The normalized spacial score (nSPS) is 17.3. The van der Waals surface area contributed by atoms with E-state index in [1.165, 1.54) is 18.8 Å². The van der Waals surface area contributed by atoms with E-state index in [-0.39, 0.29) is 30.3 Å². The third-order valence-electron chi connectivity index (χ3n) is 7.97. The Hall–Kier alpha value is -4.08. The van der Waals surface area contributed by atoms with Gasteiger partial charge in [0.15, 0.2) is 11.5 Å². The lowest BCUT2D eigenvalue weighted by Gasteiger charge is -2.31. The molecular formula is C30H36N4O6. The van der Waals surface area contributed by atoms with Gasteiger partial charge in [-0.2, -0.15) is 0 Å². The lowest BCUT2D eigenvalue weighted by molar-refractivity contribution is -0.133. The van der Waals surface area contributed by atoms with Crippen molar-refractivity contribution in [1.82, 2.24) is 18.9 Å². The van der Waals surface area contributed by atoms with Crippen molar-refractivity contribution in [2.45, 2.75) is 45.7 Å². The molecule has 3 aromatic rings. The summed E-state index contributed by atoms with van der Waals surface area (Å²) < 4.78 is 13.3. The molecule has 2 aliphatic rings. The smallest absolute Gasteiger partial charge is 0.332 e. The molecule has 2 fully saturated rings. The first kappa shape index (κ1) is 27.5. The Bertz CT molecular complexity index is 1540. The molecule has 10 heteroatoms. The Kier molecular flexibility index (Phi) is 7.95. The molecule has 40 heavy (non-hydrogen) atoms. The number of hydrogen-bond acceptors (Lipinski definition) is 6. The van der Waals surface area contributed by atoms with Crippen LogP contribution in [0.1, 0.15) is 48.5 Å². The summed E-state index contributed by atoms with van der Waals surface area (Å²) in [4.78, 5) is 57.2. The second-order valence-electron chi connectivity index (χ2n) is 10.8. The zero-order chi connectivity index (χ0) is 28.4. The van der Waals surface area contributed by atoms with E-state index in [1.807, 2.05) is 4.90 Å². The van der Waals surface area contributed by atoms with Crippen LogP contribution in [-0.4, -0.2) is 71.1 Å². The molecular weight excluding hydrogens is 512 g/mol. The molecule has 10 nitrogen and oxygen atoms in total. The fraction of sp³-hybridized carbons (Fsp3) is 0.467. The summed E-state index contributed by atoms with van der Waals surface area (Å²) in [5, 5.41) is 0.248. The Morgan fingerprint density at radius 3 is 2.17 bits per heavy atom. The molecule has 0 N–H and O–H groups in total. The summed E-state index contributed by atoms with van der Waals surface area (Å²) in [6, 6.07) is 10.1. The van der Waals surface area contributed by atoms with Gasteiger partial charge in [0.05, 0.1) is 31.7 Å². The highest BCUT2D eigenvalue weighted by atomic mass is 16.5. The molecule has 0 bridgehead atoms. The summed E-state index contributed by atoms with van der Waals surface area (Å²) in [5.41, 5.74) is 0.509. The Morgan fingerprint density at radius 2 is 1.52 bits per heavy atom. The summed E-state index contributed by atoms with van der Waals surface area (Å²) in [6.07, 6.45) is 4.01. The van der Waals surface area contributed by atoms with E-state index in [4.69, 9.17) is 9.47 Å². The van der Waals surface area contributed by atoms with Gasteiger partial charge in [-0.1, -0.05) is 19.1 Å². The summed E-state index contributed by atoms with van der Waals surface area (Å²) in [5.74, 6) is 0.924. The van der Waals surface area contributed by atoms with Crippen LogP contribution in [0.25, 0.3) is 10.9 Å². The second-order valence-corrected chi connectivity index (χ2v) is 10.8. The lowest BCUT2D eigenvalue weighted by Crippen LogP contribution is -2.45. The molecule has 0 aliphatic carbocycles. The number of ether oxygens (including phenoxy) is 2. The van der Waals surface area contributed by atoms with E-state index in [9.17, 15) is 19.2 Å². The van der Waals surface area contributed by atoms with Crippen LogP contribution in [0.15, 0.2) is 46.0 Å². The average molecular weight is 549 g/mol. The van der Waals surface area contributed by atoms with E-state index in [0.717, 1.165) is 43.3 Å². The number of benzene rings is 2. The third-order valence-corrected chi connectivity index (χ3v) is 7.97. The minimum Gasteiger partial charge on any atom is -0.493 e. The van der Waals surface area contributed by atoms with Crippen LogP contribution >= 0.6 is 0 Å². The molecule has 1 aromatic heterocycles.